The van der Waals surface area contributed by atoms with Gasteiger partial charge in [0.2, 0.25) is 10.0 Å². The monoisotopic (exact) mass is 322 g/mol. The van der Waals surface area contributed by atoms with E-state index in [4.69, 9.17) is 4.52 Å². The molecule has 0 spiro atoms. The normalized spacial score (nSPS) is 11.7. The van der Waals surface area contributed by atoms with E-state index in [0.29, 0.717) is 19.4 Å². The molecule has 1 N–H and O–H groups in total. The zero-order valence-corrected chi connectivity index (χ0v) is 13.8. The van der Waals surface area contributed by atoms with Crippen LogP contribution in [0, 0.1) is 13.8 Å². The van der Waals surface area contributed by atoms with Crippen molar-refractivity contribution in [2.24, 2.45) is 0 Å². The Morgan fingerprint density at radius 2 is 1.86 bits per heavy atom. The lowest BCUT2D eigenvalue weighted by Gasteiger charge is -2.07. The van der Waals surface area contributed by atoms with Crippen LogP contribution in [-0.4, -0.2) is 25.9 Å². The molecular formula is C16H22N2O3S. The molecule has 0 aliphatic rings. The molecule has 22 heavy (non-hydrogen) atoms. The summed E-state index contributed by atoms with van der Waals surface area (Å²) in [5.41, 5.74) is 2.96. The Morgan fingerprint density at radius 1 is 1.14 bits per heavy atom. The summed E-state index contributed by atoms with van der Waals surface area (Å²) in [7, 11) is -3.23. The molecule has 0 saturated carbocycles. The largest absolute Gasteiger partial charge is 0.361 e. The highest BCUT2D eigenvalue weighted by molar-refractivity contribution is 7.89. The van der Waals surface area contributed by atoms with Gasteiger partial charge in [-0.1, -0.05) is 35.5 Å². The lowest BCUT2D eigenvalue weighted by Crippen LogP contribution is -2.28. The van der Waals surface area contributed by atoms with Gasteiger partial charge in [-0.15, -0.1) is 0 Å². The number of benzene rings is 1. The van der Waals surface area contributed by atoms with E-state index in [0.717, 1.165) is 29.0 Å². The first-order chi connectivity index (χ1) is 10.5. The van der Waals surface area contributed by atoms with E-state index < -0.39 is 10.0 Å². The van der Waals surface area contributed by atoms with Gasteiger partial charge < -0.3 is 4.52 Å². The van der Waals surface area contributed by atoms with Crippen LogP contribution in [0.5, 0.6) is 0 Å². The standard InChI is InChI=1S/C16H22N2O3S/c1-13-16(14(2)21-18-13)10-11-17-22(19,20)12-6-9-15-7-4-3-5-8-15/h3-5,7-8,17H,6,9-12H2,1-2H3. The molecule has 0 saturated heterocycles. The van der Waals surface area contributed by atoms with E-state index in [1.165, 1.54) is 0 Å². The molecule has 0 amide bonds. The molecule has 0 unspecified atom stereocenters. The van der Waals surface area contributed by atoms with Gasteiger partial charge in [0, 0.05) is 12.1 Å². The highest BCUT2D eigenvalue weighted by atomic mass is 32.2. The molecule has 0 radical (unpaired) electrons. The minimum absolute atomic E-state index is 0.142. The van der Waals surface area contributed by atoms with Gasteiger partial charge in [0.25, 0.3) is 0 Å². The lowest BCUT2D eigenvalue weighted by molar-refractivity contribution is 0.392. The molecule has 120 valence electrons. The van der Waals surface area contributed by atoms with Crippen molar-refractivity contribution < 1.29 is 12.9 Å². The van der Waals surface area contributed by atoms with Crippen LogP contribution in [0.3, 0.4) is 0 Å². The Labute approximate surface area is 131 Å². The van der Waals surface area contributed by atoms with E-state index in [1.807, 2.05) is 44.2 Å². The molecule has 1 aromatic carbocycles. The fourth-order valence-corrected chi connectivity index (χ4v) is 3.46. The van der Waals surface area contributed by atoms with E-state index in [1.54, 1.807) is 0 Å². The van der Waals surface area contributed by atoms with Gasteiger partial charge >= 0.3 is 0 Å². The fraction of sp³-hybridized carbons (Fsp3) is 0.438. The van der Waals surface area contributed by atoms with Gasteiger partial charge in [0.1, 0.15) is 5.76 Å². The predicted molar refractivity (Wildman–Crippen MR) is 86.2 cm³/mol. The maximum absolute atomic E-state index is 12.0. The molecule has 6 heteroatoms. The van der Waals surface area contributed by atoms with Crippen LogP contribution in [0.25, 0.3) is 0 Å². The second-order valence-corrected chi connectivity index (χ2v) is 7.28. The molecule has 5 nitrogen and oxygen atoms in total. The highest BCUT2D eigenvalue weighted by Gasteiger charge is 2.12. The SMILES string of the molecule is Cc1noc(C)c1CCNS(=O)(=O)CCCc1ccccc1. The first-order valence-electron chi connectivity index (χ1n) is 7.41. The Morgan fingerprint density at radius 3 is 2.50 bits per heavy atom. The third kappa shape index (κ3) is 4.96. The Hall–Kier alpha value is -1.66. The summed E-state index contributed by atoms with van der Waals surface area (Å²) >= 11 is 0. The fourth-order valence-electron chi connectivity index (χ4n) is 2.37. The number of sulfonamides is 1. The van der Waals surface area contributed by atoms with E-state index in [9.17, 15) is 8.42 Å². The van der Waals surface area contributed by atoms with Crippen molar-refractivity contribution in [3.8, 4) is 0 Å². The smallest absolute Gasteiger partial charge is 0.211 e. The van der Waals surface area contributed by atoms with Crippen LogP contribution in [-0.2, 0) is 22.9 Å². The molecule has 2 aromatic rings. The first-order valence-corrected chi connectivity index (χ1v) is 9.06. The zero-order chi connectivity index (χ0) is 16.0. The van der Waals surface area contributed by atoms with Gasteiger partial charge in [0.05, 0.1) is 11.4 Å². The third-order valence-corrected chi connectivity index (χ3v) is 5.07. The molecule has 2 rings (SSSR count). The Kier molecular flexibility index (Phi) is 5.74. The number of hydrogen-bond donors (Lipinski definition) is 1. The molecule has 0 bridgehead atoms. The topological polar surface area (TPSA) is 72.2 Å². The van der Waals surface area contributed by atoms with Crippen molar-refractivity contribution in [1.82, 2.24) is 9.88 Å². The first kappa shape index (κ1) is 16.7. The van der Waals surface area contributed by atoms with Crippen LogP contribution in [0.15, 0.2) is 34.9 Å². The van der Waals surface area contributed by atoms with E-state index in [-0.39, 0.29) is 5.75 Å². The maximum Gasteiger partial charge on any atom is 0.211 e. The summed E-state index contributed by atoms with van der Waals surface area (Å²) < 4.78 is 31.6. The van der Waals surface area contributed by atoms with E-state index >= 15 is 0 Å². The van der Waals surface area contributed by atoms with Crippen LogP contribution in [0.2, 0.25) is 0 Å². The van der Waals surface area contributed by atoms with Crippen molar-refractivity contribution in [2.75, 3.05) is 12.3 Å². The lowest BCUT2D eigenvalue weighted by atomic mass is 10.1. The van der Waals surface area contributed by atoms with Gasteiger partial charge in [-0.2, -0.15) is 0 Å². The van der Waals surface area contributed by atoms with Gasteiger partial charge in [-0.05, 0) is 38.7 Å². The maximum atomic E-state index is 12.0. The minimum atomic E-state index is -3.23. The van der Waals surface area contributed by atoms with Crippen LogP contribution >= 0.6 is 0 Å². The second-order valence-electron chi connectivity index (χ2n) is 5.36. The van der Waals surface area contributed by atoms with Gasteiger partial charge in [-0.3, -0.25) is 0 Å². The van der Waals surface area contributed by atoms with Gasteiger partial charge in [0.15, 0.2) is 0 Å². The molecule has 0 aliphatic heterocycles. The van der Waals surface area contributed by atoms with Gasteiger partial charge in [-0.25, -0.2) is 13.1 Å². The van der Waals surface area contributed by atoms with Crippen molar-refractivity contribution in [2.45, 2.75) is 33.1 Å². The summed E-state index contributed by atoms with van der Waals surface area (Å²) in [6.45, 7) is 4.07. The number of nitrogens with zero attached hydrogens (tertiary/aromatic N) is 1. The van der Waals surface area contributed by atoms with Crippen molar-refractivity contribution >= 4 is 10.0 Å². The molecule has 1 heterocycles. The number of aryl methyl sites for hydroxylation is 3. The van der Waals surface area contributed by atoms with Crippen molar-refractivity contribution in [1.29, 1.82) is 0 Å². The summed E-state index contributed by atoms with van der Waals surface area (Å²) in [4.78, 5) is 0. The Balaban J connectivity index is 1.74. The highest BCUT2D eigenvalue weighted by Crippen LogP contribution is 2.12. The third-order valence-electron chi connectivity index (χ3n) is 3.60. The number of rotatable bonds is 8. The quantitative estimate of drug-likeness (QED) is 0.810. The molecular weight excluding hydrogens is 300 g/mol. The second kappa shape index (κ2) is 7.56. The number of hydrogen-bond acceptors (Lipinski definition) is 4. The van der Waals surface area contributed by atoms with Crippen molar-refractivity contribution in [3.05, 3.63) is 52.9 Å². The minimum Gasteiger partial charge on any atom is -0.361 e. The van der Waals surface area contributed by atoms with Crippen molar-refractivity contribution in [3.63, 3.8) is 0 Å². The summed E-state index contributed by atoms with van der Waals surface area (Å²) in [5, 5.41) is 3.86. The average molecular weight is 322 g/mol. The average Bonchev–Trinajstić information content (AvgIpc) is 2.80. The molecule has 0 fully saturated rings. The predicted octanol–water partition coefficient (Wildman–Crippen LogP) is 2.39. The molecule has 0 atom stereocenters. The molecule has 1 aromatic heterocycles. The van der Waals surface area contributed by atoms with E-state index in [2.05, 4.69) is 9.88 Å². The summed E-state index contributed by atoms with van der Waals surface area (Å²) in [5.74, 6) is 0.893. The van der Waals surface area contributed by atoms with Crippen LogP contribution in [0.1, 0.15) is 29.0 Å². The number of nitrogens with one attached hydrogen (secondary N) is 1. The zero-order valence-electron chi connectivity index (χ0n) is 13.0. The summed E-state index contributed by atoms with van der Waals surface area (Å²) in [6, 6.07) is 9.91. The van der Waals surface area contributed by atoms with Crippen LogP contribution in [0.4, 0.5) is 0 Å². The number of aromatic nitrogens is 1. The Bertz CT molecular complexity index is 674. The summed E-state index contributed by atoms with van der Waals surface area (Å²) in [6.07, 6.45) is 1.98. The van der Waals surface area contributed by atoms with Crippen LogP contribution < -0.4 is 4.72 Å². The molecule has 0 aliphatic carbocycles.